The quantitative estimate of drug-likeness (QED) is 0.144. The maximum absolute atomic E-state index is 6.36. The van der Waals surface area contributed by atoms with E-state index in [0.717, 1.165) is 143 Å². The van der Waals surface area contributed by atoms with Crippen LogP contribution in [0.3, 0.4) is 0 Å². The number of hydrogen-bond donors (Lipinski definition) is 0. The normalized spacial score (nSPS) is 14.0. The maximum atomic E-state index is 6.36. The highest BCUT2D eigenvalue weighted by Crippen LogP contribution is 2.42. The van der Waals surface area contributed by atoms with Crippen LogP contribution in [0.4, 0.5) is 0 Å². The van der Waals surface area contributed by atoms with Crippen LogP contribution in [0.25, 0.3) is 155 Å². The first kappa shape index (κ1) is 50.3. The molecule has 16 aromatic rings. The van der Waals surface area contributed by atoms with Crippen molar-refractivity contribution in [1.82, 2.24) is 15.0 Å². The van der Waals surface area contributed by atoms with Crippen LogP contribution in [0, 0.1) is 0 Å². The van der Waals surface area contributed by atoms with Crippen molar-refractivity contribution in [1.29, 1.82) is 0 Å². The molecule has 17 rings (SSSR count). The van der Waals surface area contributed by atoms with Crippen LogP contribution in [-0.4, -0.2) is 33.3 Å². The predicted octanol–water partition coefficient (Wildman–Crippen LogP) is 19.5. The van der Waals surface area contributed by atoms with E-state index in [9.17, 15) is 0 Å². The van der Waals surface area contributed by atoms with E-state index in [1.165, 1.54) is 0 Å². The van der Waals surface area contributed by atoms with Gasteiger partial charge in [0.25, 0.3) is 0 Å². The molecule has 406 valence electrons. The minimum atomic E-state index is -0.399. The fourth-order valence-corrected chi connectivity index (χ4v) is 11.9. The summed E-state index contributed by atoms with van der Waals surface area (Å²) in [5.41, 5.74) is 16.5. The number of benzene rings is 11. The lowest BCUT2D eigenvalue weighted by molar-refractivity contribution is 0.00578. The third-order valence-corrected chi connectivity index (χ3v) is 17.1. The van der Waals surface area contributed by atoms with Gasteiger partial charge in [0.05, 0.1) is 11.2 Å². The van der Waals surface area contributed by atoms with Crippen LogP contribution in [-0.2, 0) is 9.31 Å². The number of para-hydroxylation sites is 2. The van der Waals surface area contributed by atoms with E-state index in [-0.39, 0.29) is 11.2 Å². The van der Waals surface area contributed by atoms with Crippen LogP contribution < -0.4 is 5.46 Å². The van der Waals surface area contributed by atoms with Crippen LogP contribution >= 0.6 is 0 Å². The highest BCUT2D eigenvalue weighted by atomic mass is 16.7. The zero-order valence-electron chi connectivity index (χ0n) is 47.0. The van der Waals surface area contributed by atoms with Gasteiger partial charge in [-0.05, 0) is 133 Å². The second-order valence-electron chi connectivity index (χ2n) is 22.9. The fourth-order valence-electron chi connectivity index (χ4n) is 11.9. The summed E-state index contributed by atoms with van der Waals surface area (Å²) in [7, 11) is -0.399. The second-order valence-corrected chi connectivity index (χ2v) is 22.9. The van der Waals surface area contributed by atoms with Crippen molar-refractivity contribution in [2.24, 2.45) is 0 Å². The molecule has 0 amide bonds. The van der Waals surface area contributed by atoms with E-state index in [1.807, 2.05) is 91.0 Å². The van der Waals surface area contributed by atoms with Gasteiger partial charge in [0, 0.05) is 59.8 Å². The Bertz CT molecular complexity index is 5270. The Hall–Kier alpha value is -10.4. The van der Waals surface area contributed by atoms with Crippen molar-refractivity contribution < 1.29 is 27.0 Å². The minimum Gasteiger partial charge on any atom is -0.456 e. The molecule has 11 aromatic carbocycles. The molecule has 0 atom stereocenters. The molecule has 0 bridgehead atoms. The first-order chi connectivity index (χ1) is 41.5. The van der Waals surface area contributed by atoms with Crippen molar-refractivity contribution in [3.8, 4) is 67.5 Å². The molecular formula is C75H52BN3O6. The molecule has 5 aromatic heterocycles. The van der Waals surface area contributed by atoms with Crippen molar-refractivity contribution in [2.45, 2.75) is 38.9 Å². The average Bonchev–Trinajstić information content (AvgIpc) is 2.34. The van der Waals surface area contributed by atoms with Gasteiger partial charge in [-0.2, -0.15) is 0 Å². The van der Waals surface area contributed by atoms with Crippen LogP contribution in [0.2, 0.25) is 0 Å². The Kier molecular flexibility index (Phi) is 11.6. The van der Waals surface area contributed by atoms with Crippen molar-refractivity contribution >= 4 is 100 Å². The van der Waals surface area contributed by atoms with E-state index >= 15 is 0 Å². The summed E-state index contributed by atoms with van der Waals surface area (Å²) < 4.78 is 37.3. The molecule has 85 heavy (non-hydrogen) atoms. The summed E-state index contributed by atoms with van der Waals surface area (Å²) in [5, 5.41) is 8.48. The summed E-state index contributed by atoms with van der Waals surface area (Å²) in [6.45, 7) is 8.27. The van der Waals surface area contributed by atoms with Gasteiger partial charge in [0.15, 0.2) is 17.5 Å². The number of hydrogen-bond acceptors (Lipinski definition) is 9. The first-order valence-corrected chi connectivity index (χ1v) is 28.6. The molecule has 0 N–H and O–H groups in total. The van der Waals surface area contributed by atoms with Crippen LogP contribution in [0.1, 0.15) is 27.7 Å². The number of fused-ring (bicyclic) bond motifs is 12. The molecule has 0 radical (unpaired) electrons. The number of nitrogens with zero attached hydrogens (tertiary/aromatic N) is 3. The zero-order valence-corrected chi connectivity index (χ0v) is 47.0. The molecule has 1 aliphatic heterocycles. The van der Waals surface area contributed by atoms with Gasteiger partial charge in [0.1, 0.15) is 44.7 Å². The zero-order chi connectivity index (χ0) is 57.0. The molecule has 1 aliphatic rings. The van der Waals surface area contributed by atoms with E-state index in [1.54, 1.807) is 0 Å². The predicted molar refractivity (Wildman–Crippen MR) is 344 cm³/mol. The molecule has 10 heteroatoms. The van der Waals surface area contributed by atoms with Gasteiger partial charge in [-0.1, -0.05) is 176 Å². The SMILES string of the molecule is CC1(C)OB(c2ccc3oc4cc5c(cc4c3c2)oc2ccccc25)OC1(C)C.c1ccc(-c2nc(-c3cccc(-c4cccc(-c5ccc6oc7cc8c(cc7c6c5)oc5ccccc58)c4)c3)nc(-c3ccccc3-c3ccccc3)n2)cc1. The van der Waals surface area contributed by atoms with Gasteiger partial charge in [-0.25, -0.2) is 15.0 Å². The van der Waals surface area contributed by atoms with E-state index < -0.39 is 7.12 Å². The highest BCUT2D eigenvalue weighted by Gasteiger charge is 2.51. The standard InChI is InChI=1S/C51H31N3O2.C24H21BO4/c1-3-13-32(14-4-1)39-21-7-8-23-41(39)51-53-49(33-15-5-2-6-16-33)52-50(54-51)38-20-12-19-36(28-38)34-17-11-18-35(27-34)37-25-26-46-42(29-37)44-31-47-43(30-48(44)56-46)40-22-9-10-24-45(40)55-47;1-23(2)24(3,4)29-25(28-23)14-9-10-20-16(11-14)18-13-21-17(12-22(18)27-20)15-7-5-6-8-19(15)26-21/h1-31H;5-13H,1-4H3. The summed E-state index contributed by atoms with van der Waals surface area (Å²) in [4.78, 5) is 15.2. The fraction of sp³-hybridized carbons (Fsp3) is 0.0800. The Morgan fingerprint density at radius 3 is 1.20 bits per heavy atom. The van der Waals surface area contributed by atoms with Crippen molar-refractivity contribution in [3.05, 3.63) is 243 Å². The van der Waals surface area contributed by atoms with Gasteiger partial charge in [-0.15, -0.1) is 0 Å². The number of furan rings is 4. The first-order valence-electron chi connectivity index (χ1n) is 28.6. The molecule has 0 spiro atoms. The van der Waals surface area contributed by atoms with E-state index in [0.29, 0.717) is 17.5 Å². The third kappa shape index (κ3) is 8.76. The van der Waals surface area contributed by atoms with Crippen molar-refractivity contribution in [3.63, 3.8) is 0 Å². The lowest BCUT2D eigenvalue weighted by atomic mass is 9.78. The smallest absolute Gasteiger partial charge is 0.456 e. The molecule has 9 nitrogen and oxygen atoms in total. The minimum absolute atomic E-state index is 0.370. The van der Waals surface area contributed by atoms with Crippen LogP contribution in [0.15, 0.2) is 260 Å². The monoisotopic (exact) mass is 1100 g/mol. The van der Waals surface area contributed by atoms with Crippen LogP contribution in [0.5, 0.6) is 0 Å². The lowest BCUT2D eigenvalue weighted by Gasteiger charge is -2.32. The summed E-state index contributed by atoms with van der Waals surface area (Å²) >= 11 is 0. The lowest BCUT2D eigenvalue weighted by Crippen LogP contribution is -2.41. The van der Waals surface area contributed by atoms with E-state index in [4.69, 9.17) is 41.9 Å². The molecular weight excluding hydrogens is 1050 g/mol. The Morgan fingerprint density at radius 1 is 0.259 bits per heavy atom. The molecule has 1 saturated heterocycles. The summed E-state index contributed by atoms with van der Waals surface area (Å²) in [6, 6.07) is 83.0. The summed E-state index contributed by atoms with van der Waals surface area (Å²) in [5.74, 6) is 1.87. The number of aromatic nitrogens is 3. The van der Waals surface area contributed by atoms with Gasteiger partial charge < -0.3 is 27.0 Å². The molecule has 6 heterocycles. The maximum Gasteiger partial charge on any atom is 0.494 e. The Labute approximate surface area is 488 Å². The number of rotatable bonds is 7. The Morgan fingerprint density at radius 2 is 0.635 bits per heavy atom. The van der Waals surface area contributed by atoms with Gasteiger partial charge >= 0.3 is 7.12 Å². The third-order valence-electron chi connectivity index (χ3n) is 17.1. The largest absolute Gasteiger partial charge is 0.494 e. The molecule has 0 aliphatic carbocycles. The topological polar surface area (TPSA) is 110 Å². The average molecular weight is 1100 g/mol. The van der Waals surface area contributed by atoms with Gasteiger partial charge in [0.2, 0.25) is 0 Å². The second kappa shape index (κ2) is 19.6. The Balaban J connectivity index is 0.000000170. The molecule has 1 fully saturated rings. The van der Waals surface area contributed by atoms with Gasteiger partial charge in [-0.3, -0.25) is 0 Å². The molecule has 0 unspecified atom stereocenters. The highest BCUT2D eigenvalue weighted by molar-refractivity contribution is 6.62. The molecule has 0 saturated carbocycles. The summed E-state index contributed by atoms with van der Waals surface area (Å²) in [6.07, 6.45) is 0. The van der Waals surface area contributed by atoms with Crippen molar-refractivity contribution in [2.75, 3.05) is 0 Å². The van der Waals surface area contributed by atoms with E-state index in [2.05, 4.69) is 179 Å².